The second-order valence-electron chi connectivity index (χ2n) is 5.92. The zero-order valence-electron chi connectivity index (χ0n) is 13.9. The monoisotopic (exact) mass is 391 g/mol. The number of allylic oxidation sites excluding steroid dienone is 1. The van der Waals surface area contributed by atoms with E-state index in [1.807, 2.05) is 0 Å². The molecule has 1 fully saturated rings. The molecule has 0 spiro atoms. The number of carbonyl (C=O) groups excluding carboxylic acids is 2. The van der Waals surface area contributed by atoms with Gasteiger partial charge in [-0.05, 0) is 24.6 Å². The molecule has 2 rings (SSSR count). The number of hydrogen-bond donors (Lipinski definition) is 1. The molecule has 1 aliphatic rings. The van der Waals surface area contributed by atoms with Crippen molar-refractivity contribution in [1.29, 1.82) is 0 Å². The second kappa shape index (κ2) is 6.84. The zero-order valence-corrected chi connectivity index (χ0v) is 14.7. The lowest BCUT2D eigenvalue weighted by atomic mass is 9.89. The van der Waals surface area contributed by atoms with E-state index in [0.717, 1.165) is 20.2 Å². The molecule has 0 heterocycles. The van der Waals surface area contributed by atoms with Crippen LogP contribution in [0.4, 0.5) is 13.2 Å². The molecule has 6 nitrogen and oxygen atoms in total. The highest BCUT2D eigenvalue weighted by Gasteiger charge is 2.35. The Morgan fingerprint density at radius 3 is 2.12 bits per heavy atom. The molecule has 1 aromatic rings. The van der Waals surface area contributed by atoms with Crippen molar-refractivity contribution in [3.05, 3.63) is 34.9 Å². The van der Waals surface area contributed by atoms with Gasteiger partial charge in [0.15, 0.2) is 11.6 Å². The zero-order chi connectivity index (χ0) is 19.9. The summed E-state index contributed by atoms with van der Waals surface area (Å²) in [5.74, 6) is -2.27. The number of rotatable bonds is 3. The van der Waals surface area contributed by atoms with E-state index in [-0.39, 0.29) is 12.8 Å². The lowest BCUT2D eigenvalue weighted by molar-refractivity contribution is -0.137. The molecule has 26 heavy (non-hydrogen) atoms. The lowest BCUT2D eigenvalue weighted by Crippen LogP contribution is -2.25. The Kier molecular flexibility index (Phi) is 5.29. The highest BCUT2D eigenvalue weighted by Crippen LogP contribution is 2.35. The van der Waals surface area contributed by atoms with E-state index >= 15 is 0 Å². The quantitative estimate of drug-likeness (QED) is 0.486. The van der Waals surface area contributed by atoms with E-state index in [2.05, 4.69) is 0 Å². The third-order valence-corrected chi connectivity index (χ3v) is 5.78. The summed E-state index contributed by atoms with van der Waals surface area (Å²) in [5.41, 5.74) is -2.34. The molecule has 1 aromatic carbocycles. The molecule has 0 bridgehead atoms. The maximum Gasteiger partial charge on any atom is 0.416 e. The summed E-state index contributed by atoms with van der Waals surface area (Å²) in [6, 6.07) is 1.70. The minimum atomic E-state index is -4.81. The van der Waals surface area contributed by atoms with Crippen LogP contribution in [0.25, 0.3) is 5.76 Å². The highest BCUT2D eigenvalue weighted by molar-refractivity contribution is 7.89. The van der Waals surface area contributed by atoms with Crippen molar-refractivity contribution >= 4 is 27.3 Å². The average Bonchev–Trinajstić information content (AvgIpc) is 2.52. The van der Waals surface area contributed by atoms with Crippen molar-refractivity contribution in [2.75, 3.05) is 14.1 Å². The van der Waals surface area contributed by atoms with Gasteiger partial charge in [0.25, 0.3) is 0 Å². The van der Waals surface area contributed by atoms with Gasteiger partial charge in [-0.1, -0.05) is 0 Å². The maximum atomic E-state index is 13.0. The Morgan fingerprint density at radius 1 is 1.12 bits per heavy atom. The van der Waals surface area contributed by atoms with Crippen molar-refractivity contribution in [1.82, 2.24) is 4.31 Å². The third kappa shape index (κ3) is 3.65. The fourth-order valence-corrected chi connectivity index (χ4v) is 3.63. The van der Waals surface area contributed by atoms with Gasteiger partial charge in [0.1, 0.15) is 11.3 Å². The number of sulfonamides is 1. The maximum absolute atomic E-state index is 13.0. The summed E-state index contributed by atoms with van der Waals surface area (Å²) in [5, 5.41) is 10.4. The fraction of sp³-hybridized carbons (Fsp3) is 0.375. The standard InChI is InChI=1S/C16H16F3NO5S/c1-20(2)26(24,25)13-8-9(16(17,18)19)6-7-10(13)15(23)14-11(21)4-3-5-12(14)22/h6-8,23H,3-5H2,1-2H3. The second-order valence-corrected chi connectivity index (χ2v) is 8.04. The van der Waals surface area contributed by atoms with Gasteiger partial charge in [-0.15, -0.1) is 0 Å². The van der Waals surface area contributed by atoms with Crippen LogP contribution in [0.15, 0.2) is 28.7 Å². The molecule has 0 atom stereocenters. The first-order valence-corrected chi connectivity index (χ1v) is 8.95. The molecule has 0 amide bonds. The molecule has 0 aromatic heterocycles. The molecular formula is C16H16F3NO5S. The van der Waals surface area contributed by atoms with Crippen molar-refractivity contribution < 1.29 is 36.3 Å². The number of hydrogen-bond acceptors (Lipinski definition) is 5. The summed E-state index contributed by atoms with van der Waals surface area (Å²) in [7, 11) is -2.17. The van der Waals surface area contributed by atoms with Crippen LogP contribution in [-0.2, 0) is 25.8 Å². The van der Waals surface area contributed by atoms with Crippen LogP contribution in [0.3, 0.4) is 0 Å². The number of halogens is 3. The number of benzene rings is 1. The Labute approximate surface area is 148 Å². The van der Waals surface area contributed by atoms with Gasteiger partial charge in [0, 0.05) is 32.5 Å². The minimum absolute atomic E-state index is 0.0124. The topological polar surface area (TPSA) is 91.8 Å². The lowest BCUT2D eigenvalue weighted by Gasteiger charge is -2.19. The van der Waals surface area contributed by atoms with E-state index in [1.54, 1.807) is 0 Å². The van der Waals surface area contributed by atoms with E-state index in [0.29, 0.717) is 22.9 Å². The van der Waals surface area contributed by atoms with Gasteiger partial charge in [-0.25, -0.2) is 12.7 Å². The first-order valence-electron chi connectivity index (χ1n) is 7.51. The van der Waals surface area contributed by atoms with E-state index in [4.69, 9.17) is 0 Å². The minimum Gasteiger partial charge on any atom is -0.506 e. The predicted octanol–water partition coefficient (Wildman–Crippen LogP) is 2.55. The van der Waals surface area contributed by atoms with E-state index in [9.17, 15) is 36.3 Å². The van der Waals surface area contributed by atoms with Crippen LogP contribution in [0.5, 0.6) is 0 Å². The summed E-state index contributed by atoms with van der Waals surface area (Å²) < 4.78 is 64.5. The van der Waals surface area contributed by atoms with Crippen LogP contribution >= 0.6 is 0 Å². The number of nitrogens with zero attached hydrogens (tertiary/aromatic N) is 1. The van der Waals surface area contributed by atoms with Gasteiger partial charge in [0.2, 0.25) is 10.0 Å². The van der Waals surface area contributed by atoms with Crippen LogP contribution < -0.4 is 0 Å². The normalized spacial score (nSPS) is 16.3. The summed E-state index contributed by atoms with van der Waals surface area (Å²) >= 11 is 0. The number of carbonyl (C=O) groups is 2. The molecule has 1 N–H and O–H groups in total. The molecule has 10 heteroatoms. The Balaban J connectivity index is 2.80. The number of aliphatic hydroxyl groups is 1. The van der Waals surface area contributed by atoms with Crippen LogP contribution in [0.2, 0.25) is 0 Å². The molecule has 1 saturated carbocycles. The highest BCUT2D eigenvalue weighted by atomic mass is 32.2. The molecule has 1 aliphatic carbocycles. The Morgan fingerprint density at radius 2 is 1.65 bits per heavy atom. The van der Waals surface area contributed by atoms with Crippen molar-refractivity contribution in [2.24, 2.45) is 0 Å². The van der Waals surface area contributed by atoms with Gasteiger partial charge in [-0.3, -0.25) is 9.59 Å². The van der Waals surface area contributed by atoms with Crippen LogP contribution in [0.1, 0.15) is 30.4 Å². The first-order chi connectivity index (χ1) is 11.9. The summed E-state index contributed by atoms with van der Waals surface area (Å²) in [6.07, 6.45) is -4.54. The molecule has 0 unspecified atom stereocenters. The Bertz CT molecular complexity index is 883. The molecular weight excluding hydrogens is 375 g/mol. The van der Waals surface area contributed by atoms with Gasteiger partial charge in [0.05, 0.1) is 10.5 Å². The van der Waals surface area contributed by atoms with Crippen molar-refractivity contribution in [3.63, 3.8) is 0 Å². The van der Waals surface area contributed by atoms with E-state index < -0.39 is 55.1 Å². The first kappa shape index (κ1) is 20.1. The molecule has 0 saturated heterocycles. The smallest absolute Gasteiger partial charge is 0.416 e. The third-order valence-electron chi connectivity index (χ3n) is 3.92. The largest absolute Gasteiger partial charge is 0.506 e. The predicted molar refractivity (Wildman–Crippen MR) is 85.7 cm³/mol. The molecule has 0 radical (unpaired) electrons. The summed E-state index contributed by atoms with van der Waals surface area (Å²) in [4.78, 5) is 23.1. The average molecular weight is 391 g/mol. The fourth-order valence-electron chi connectivity index (χ4n) is 2.52. The van der Waals surface area contributed by atoms with Crippen molar-refractivity contribution in [3.8, 4) is 0 Å². The SMILES string of the molecule is CN(C)S(=O)(=O)c1cc(C(F)(F)F)ccc1C(O)=C1C(=O)CCCC1=O. The number of ketones is 2. The number of Topliss-reactive ketones (excluding diaryl/α,β-unsaturated/α-hetero) is 2. The van der Waals surface area contributed by atoms with E-state index in [1.165, 1.54) is 0 Å². The van der Waals surface area contributed by atoms with Gasteiger partial charge < -0.3 is 5.11 Å². The number of alkyl halides is 3. The van der Waals surface area contributed by atoms with Gasteiger partial charge in [-0.2, -0.15) is 13.2 Å². The van der Waals surface area contributed by atoms with Crippen LogP contribution in [-0.4, -0.2) is 43.5 Å². The van der Waals surface area contributed by atoms with Gasteiger partial charge >= 0.3 is 6.18 Å². The van der Waals surface area contributed by atoms with Crippen molar-refractivity contribution in [2.45, 2.75) is 30.3 Å². The van der Waals surface area contributed by atoms with Crippen LogP contribution in [0, 0.1) is 0 Å². The Hall–Kier alpha value is -2.20. The number of aliphatic hydroxyl groups excluding tert-OH is 1. The molecule has 142 valence electrons. The molecule has 0 aliphatic heterocycles. The summed E-state index contributed by atoms with van der Waals surface area (Å²) in [6.45, 7) is 0.